The highest BCUT2D eigenvalue weighted by atomic mass is 16.3. The number of hydrogen-bond acceptors (Lipinski definition) is 6. The summed E-state index contributed by atoms with van der Waals surface area (Å²) in [7, 11) is 3.14. The Morgan fingerprint density at radius 2 is 1.32 bits per heavy atom. The number of aryl methyl sites for hydroxylation is 2. The molecule has 0 bridgehead atoms. The molecule has 9 heteroatoms. The van der Waals surface area contributed by atoms with E-state index in [1.807, 2.05) is 30.3 Å². The van der Waals surface area contributed by atoms with Crippen molar-refractivity contribution in [3.05, 3.63) is 123 Å². The fourth-order valence-electron chi connectivity index (χ4n) is 5.06. The monoisotopic (exact) mass is 544 g/mol. The van der Waals surface area contributed by atoms with Crippen LogP contribution in [0.3, 0.4) is 0 Å². The van der Waals surface area contributed by atoms with Crippen LogP contribution in [0, 0.1) is 0 Å². The summed E-state index contributed by atoms with van der Waals surface area (Å²) in [5.74, 6) is -1.36. The predicted octanol–water partition coefficient (Wildman–Crippen LogP) is 4.55. The summed E-state index contributed by atoms with van der Waals surface area (Å²) >= 11 is 0. The molecule has 0 aliphatic carbocycles. The molecule has 0 amide bonds. The van der Waals surface area contributed by atoms with Crippen LogP contribution in [0.4, 0.5) is 0 Å². The minimum Gasteiger partial charge on any atom is -0.506 e. The summed E-state index contributed by atoms with van der Waals surface area (Å²) in [6.45, 7) is 0. The number of hydrogen-bond donors (Lipinski definition) is 2. The molecule has 6 rings (SSSR count). The summed E-state index contributed by atoms with van der Waals surface area (Å²) in [4.78, 5) is 39.9. The zero-order chi connectivity index (χ0) is 28.8. The highest BCUT2D eigenvalue weighted by Gasteiger charge is 2.23. The second kappa shape index (κ2) is 9.80. The molecule has 0 unspecified atom stereocenters. The number of pyridine rings is 2. The van der Waals surface area contributed by atoms with E-state index in [1.54, 1.807) is 66.5 Å². The van der Waals surface area contributed by atoms with Crippen LogP contribution >= 0.6 is 0 Å². The van der Waals surface area contributed by atoms with Crippen molar-refractivity contribution in [3.63, 3.8) is 0 Å². The molecule has 0 radical (unpaired) electrons. The lowest BCUT2D eigenvalue weighted by atomic mass is 10.0. The number of rotatable bonds is 5. The Morgan fingerprint density at radius 1 is 0.756 bits per heavy atom. The number of benzene rings is 3. The Kier molecular flexibility index (Phi) is 6.11. The molecule has 0 saturated heterocycles. The standard InChI is InChI=1S/C32H24N4O5/c1-34-23-14-8-6-12-21(23)29(38)26(31(34)40)25(37)17-16-19-18-36(20-10-4-3-5-11-20)33-28(19)27-30(39)22-13-7-9-15-24(22)35(2)32(27)41/h3-18,38-39H,1-2H3/b17-16+. The van der Waals surface area contributed by atoms with Crippen molar-refractivity contribution in [1.29, 1.82) is 0 Å². The van der Waals surface area contributed by atoms with E-state index >= 15 is 0 Å². The maximum atomic E-state index is 13.5. The first-order chi connectivity index (χ1) is 19.8. The number of allylic oxidation sites excluding steroid dienone is 1. The Labute approximate surface area is 233 Å². The number of para-hydroxylation sites is 3. The van der Waals surface area contributed by atoms with Crippen molar-refractivity contribution in [1.82, 2.24) is 18.9 Å². The Morgan fingerprint density at radius 3 is 1.98 bits per heavy atom. The molecule has 0 spiro atoms. The van der Waals surface area contributed by atoms with Gasteiger partial charge in [-0.1, -0.05) is 42.5 Å². The smallest absolute Gasteiger partial charge is 0.265 e. The lowest BCUT2D eigenvalue weighted by Gasteiger charge is -2.11. The summed E-state index contributed by atoms with van der Waals surface area (Å²) < 4.78 is 4.29. The first kappa shape index (κ1) is 25.6. The fourth-order valence-corrected chi connectivity index (χ4v) is 5.06. The molecule has 202 valence electrons. The van der Waals surface area contributed by atoms with Gasteiger partial charge in [-0.05, 0) is 48.6 Å². The van der Waals surface area contributed by atoms with Crippen molar-refractivity contribution in [3.8, 4) is 28.4 Å². The van der Waals surface area contributed by atoms with E-state index in [9.17, 15) is 24.6 Å². The van der Waals surface area contributed by atoms with Crippen molar-refractivity contribution in [2.75, 3.05) is 0 Å². The third kappa shape index (κ3) is 4.11. The molecule has 9 nitrogen and oxygen atoms in total. The number of aromatic nitrogens is 4. The van der Waals surface area contributed by atoms with Crippen LogP contribution < -0.4 is 11.1 Å². The van der Waals surface area contributed by atoms with E-state index in [-0.39, 0.29) is 22.6 Å². The van der Waals surface area contributed by atoms with E-state index in [0.29, 0.717) is 33.1 Å². The van der Waals surface area contributed by atoms with Gasteiger partial charge in [0.2, 0.25) is 0 Å². The molecule has 3 heterocycles. The van der Waals surface area contributed by atoms with Gasteiger partial charge in [-0.15, -0.1) is 0 Å². The van der Waals surface area contributed by atoms with Crippen LogP contribution in [0.1, 0.15) is 15.9 Å². The Hall–Kier alpha value is -5.70. The van der Waals surface area contributed by atoms with Crippen molar-refractivity contribution < 1.29 is 15.0 Å². The van der Waals surface area contributed by atoms with Gasteiger partial charge >= 0.3 is 0 Å². The average Bonchev–Trinajstić information content (AvgIpc) is 3.42. The largest absolute Gasteiger partial charge is 0.506 e. The third-order valence-electron chi connectivity index (χ3n) is 7.21. The fraction of sp³-hybridized carbons (Fsp3) is 0.0625. The first-order valence-electron chi connectivity index (χ1n) is 12.8. The first-order valence-corrected chi connectivity index (χ1v) is 12.8. The van der Waals surface area contributed by atoms with Crippen LogP contribution in [0.2, 0.25) is 0 Å². The second-order valence-corrected chi connectivity index (χ2v) is 9.62. The van der Waals surface area contributed by atoms with E-state index in [1.165, 1.54) is 22.3 Å². The zero-order valence-corrected chi connectivity index (χ0v) is 22.1. The minimum absolute atomic E-state index is 0.0301. The highest BCUT2D eigenvalue weighted by Crippen LogP contribution is 2.35. The average molecular weight is 545 g/mol. The molecule has 3 aromatic heterocycles. The summed E-state index contributed by atoms with van der Waals surface area (Å²) in [6.07, 6.45) is 4.21. The summed E-state index contributed by atoms with van der Waals surface area (Å²) in [5.41, 5.74) is 0.720. The van der Waals surface area contributed by atoms with Gasteiger partial charge in [0.1, 0.15) is 28.3 Å². The molecule has 2 N–H and O–H groups in total. The number of fused-ring (bicyclic) bond motifs is 2. The van der Waals surface area contributed by atoms with E-state index in [0.717, 1.165) is 6.08 Å². The molecular weight excluding hydrogens is 520 g/mol. The molecule has 0 aliphatic heterocycles. The predicted molar refractivity (Wildman–Crippen MR) is 158 cm³/mol. The van der Waals surface area contributed by atoms with Gasteiger partial charge in [-0.3, -0.25) is 14.4 Å². The molecule has 0 saturated carbocycles. The van der Waals surface area contributed by atoms with Gasteiger partial charge in [0.15, 0.2) is 5.78 Å². The lowest BCUT2D eigenvalue weighted by Crippen LogP contribution is -2.24. The summed E-state index contributed by atoms with van der Waals surface area (Å²) in [6, 6.07) is 22.9. The maximum Gasteiger partial charge on any atom is 0.265 e. The van der Waals surface area contributed by atoms with Crippen LogP contribution in [0.25, 0.3) is 44.8 Å². The van der Waals surface area contributed by atoms with Gasteiger partial charge in [-0.25, -0.2) is 4.68 Å². The normalized spacial score (nSPS) is 11.6. The van der Waals surface area contributed by atoms with E-state index < -0.39 is 22.7 Å². The van der Waals surface area contributed by atoms with Crippen LogP contribution in [0.5, 0.6) is 11.5 Å². The van der Waals surface area contributed by atoms with Crippen molar-refractivity contribution in [2.24, 2.45) is 14.1 Å². The topological polar surface area (TPSA) is 119 Å². The molecule has 41 heavy (non-hydrogen) atoms. The molecule has 6 aromatic rings. The molecule has 0 aliphatic rings. The molecule has 0 atom stereocenters. The number of carbonyl (C=O) groups is 1. The van der Waals surface area contributed by atoms with Gasteiger partial charge in [0, 0.05) is 36.6 Å². The maximum absolute atomic E-state index is 13.5. The molecule has 3 aromatic carbocycles. The SMILES string of the molecule is Cn1c(=O)c(C(=O)/C=C/c2cn(-c3ccccc3)nc2-c2c(O)c3ccccc3n(C)c2=O)c(O)c2ccccc21. The second-order valence-electron chi connectivity index (χ2n) is 9.62. The van der Waals surface area contributed by atoms with Crippen molar-refractivity contribution in [2.45, 2.75) is 0 Å². The van der Waals surface area contributed by atoms with Crippen LogP contribution in [0.15, 0.2) is 101 Å². The zero-order valence-electron chi connectivity index (χ0n) is 22.1. The van der Waals surface area contributed by atoms with Crippen molar-refractivity contribution >= 4 is 33.7 Å². The molecular formula is C32H24N4O5. The third-order valence-corrected chi connectivity index (χ3v) is 7.21. The number of ketones is 1. The number of nitrogens with zero attached hydrogens (tertiary/aromatic N) is 4. The summed E-state index contributed by atoms with van der Waals surface area (Å²) in [5, 5.41) is 27.6. The number of carbonyl (C=O) groups excluding carboxylic acids is 1. The minimum atomic E-state index is -0.720. The number of aromatic hydroxyl groups is 2. The van der Waals surface area contributed by atoms with Gasteiger partial charge in [0.25, 0.3) is 11.1 Å². The van der Waals surface area contributed by atoms with Gasteiger partial charge in [0.05, 0.1) is 16.7 Å². The van der Waals surface area contributed by atoms with E-state index in [2.05, 4.69) is 5.10 Å². The van der Waals surface area contributed by atoms with Crippen LogP contribution in [-0.2, 0) is 14.1 Å². The molecule has 0 fully saturated rings. The van der Waals surface area contributed by atoms with E-state index in [4.69, 9.17) is 0 Å². The Bertz CT molecular complexity index is 2150. The van der Waals surface area contributed by atoms with Gasteiger partial charge in [-0.2, -0.15) is 5.10 Å². The Balaban J connectivity index is 1.54. The lowest BCUT2D eigenvalue weighted by molar-refractivity contribution is 0.104. The van der Waals surface area contributed by atoms with Crippen LogP contribution in [-0.4, -0.2) is 34.9 Å². The highest BCUT2D eigenvalue weighted by molar-refractivity contribution is 6.11. The quantitative estimate of drug-likeness (QED) is 0.243. The van der Waals surface area contributed by atoms with Gasteiger partial charge < -0.3 is 19.3 Å².